The molecule has 0 radical (unpaired) electrons. The molecule has 2 aromatic carbocycles. The Hall–Kier alpha value is -2.45. The number of halogens is 1. The number of rotatable bonds is 8. The van der Waals surface area contributed by atoms with Gasteiger partial charge < -0.3 is 10.2 Å². The van der Waals surface area contributed by atoms with Gasteiger partial charge in [-0.15, -0.1) is 10.2 Å². The molecule has 1 aromatic heterocycles. The van der Waals surface area contributed by atoms with Gasteiger partial charge >= 0.3 is 0 Å². The molecule has 0 fully saturated rings. The summed E-state index contributed by atoms with van der Waals surface area (Å²) in [6.07, 6.45) is 0. The maximum absolute atomic E-state index is 12.9. The fourth-order valence-corrected chi connectivity index (χ4v) is 3.99. The first-order valence-electron chi connectivity index (χ1n) is 8.32. The number of aromatic nitrogens is 2. The topological polar surface area (TPSA) is 58.1 Å². The lowest BCUT2D eigenvalue weighted by atomic mass is 10.2. The van der Waals surface area contributed by atoms with Crippen LogP contribution in [-0.2, 0) is 17.9 Å². The van der Waals surface area contributed by atoms with E-state index in [4.69, 9.17) is 0 Å². The first kappa shape index (κ1) is 19.3. The zero-order valence-corrected chi connectivity index (χ0v) is 16.4. The van der Waals surface area contributed by atoms with Crippen molar-refractivity contribution in [3.8, 4) is 0 Å². The van der Waals surface area contributed by atoms with Gasteiger partial charge in [-0.2, -0.15) is 0 Å². The Bertz CT molecular complexity index is 871. The van der Waals surface area contributed by atoms with E-state index in [-0.39, 0.29) is 17.5 Å². The standard InChI is InChI=1S/C19H19FN4OS2/c1-24(12-15-7-9-16(20)10-8-15)17(25)13-26-19-23-22-18(27-19)21-11-14-5-3-2-4-6-14/h2-10H,11-13H2,1H3,(H,21,22). The summed E-state index contributed by atoms with van der Waals surface area (Å²) in [5.74, 6) is -0.0140. The summed E-state index contributed by atoms with van der Waals surface area (Å²) in [5, 5.41) is 12.2. The van der Waals surface area contributed by atoms with Crippen LogP contribution in [0.2, 0.25) is 0 Å². The fraction of sp³-hybridized carbons (Fsp3) is 0.211. The lowest BCUT2D eigenvalue weighted by molar-refractivity contribution is -0.127. The summed E-state index contributed by atoms with van der Waals surface area (Å²) in [6.45, 7) is 1.12. The van der Waals surface area contributed by atoms with Crippen molar-refractivity contribution in [1.82, 2.24) is 15.1 Å². The monoisotopic (exact) mass is 402 g/mol. The molecule has 5 nitrogen and oxygen atoms in total. The number of amides is 1. The lowest BCUT2D eigenvalue weighted by Gasteiger charge is -2.16. The van der Waals surface area contributed by atoms with E-state index in [0.29, 0.717) is 13.1 Å². The average molecular weight is 403 g/mol. The summed E-state index contributed by atoms with van der Waals surface area (Å²) in [5.41, 5.74) is 2.06. The van der Waals surface area contributed by atoms with Crippen molar-refractivity contribution in [3.63, 3.8) is 0 Å². The van der Waals surface area contributed by atoms with Gasteiger partial charge in [0.15, 0.2) is 4.34 Å². The third kappa shape index (κ3) is 6.04. The predicted octanol–water partition coefficient (Wildman–Crippen LogP) is 4.04. The predicted molar refractivity (Wildman–Crippen MR) is 107 cm³/mol. The Labute approximate surface area is 165 Å². The SMILES string of the molecule is CN(Cc1ccc(F)cc1)C(=O)CSc1nnc(NCc2ccccc2)s1. The van der Waals surface area contributed by atoms with Gasteiger partial charge in [0.2, 0.25) is 11.0 Å². The highest BCUT2D eigenvalue weighted by molar-refractivity contribution is 8.01. The van der Waals surface area contributed by atoms with Crippen molar-refractivity contribution in [2.24, 2.45) is 0 Å². The van der Waals surface area contributed by atoms with Gasteiger partial charge in [-0.25, -0.2) is 4.39 Å². The third-order valence-electron chi connectivity index (χ3n) is 3.77. The van der Waals surface area contributed by atoms with E-state index in [2.05, 4.69) is 15.5 Å². The van der Waals surface area contributed by atoms with E-state index >= 15 is 0 Å². The Balaban J connectivity index is 1.44. The van der Waals surface area contributed by atoms with Gasteiger partial charge in [0, 0.05) is 20.1 Å². The number of nitrogens with one attached hydrogen (secondary N) is 1. The first-order chi connectivity index (χ1) is 13.1. The van der Waals surface area contributed by atoms with Crippen LogP contribution in [0.25, 0.3) is 0 Å². The van der Waals surface area contributed by atoms with Crippen molar-refractivity contribution in [3.05, 3.63) is 71.5 Å². The first-order valence-corrected chi connectivity index (χ1v) is 10.1. The van der Waals surface area contributed by atoms with Gasteiger partial charge in [0.1, 0.15) is 5.82 Å². The molecule has 0 aliphatic heterocycles. The molecule has 1 N–H and O–H groups in total. The second-order valence-electron chi connectivity index (χ2n) is 5.88. The molecule has 0 aliphatic rings. The smallest absolute Gasteiger partial charge is 0.233 e. The maximum Gasteiger partial charge on any atom is 0.233 e. The average Bonchev–Trinajstić information content (AvgIpc) is 3.15. The largest absolute Gasteiger partial charge is 0.356 e. The molecule has 0 unspecified atom stereocenters. The molecule has 0 aliphatic carbocycles. The van der Waals surface area contributed by atoms with Gasteiger partial charge in [0.05, 0.1) is 5.75 Å². The van der Waals surface area contributed by atoms with Gasteiger partial charge in [-0.05, 0) is 23.3 Å². The molecule has 3 rings (SSSR count). The molecule has 140 valence electrons. The molecular formula is C19H19FN4OS2. The maximum atomic E-state index is 12.9. The molecule has 1 amide bonds. The normalized spacial score (nSPS) is 10.6. The van der Waals surface area contributed by atoms with E-state index in [9.17, 15) is 9.18 Å². The zero-order valence-electron chi connectivity index (χ0n) is 14.8. The molecule has 27 heavy (non-hydrogen) atoms. The Morgan fingerprint density at radius 3 is 2.59 bits per heavy atom. The van der Waals surface area contributed by atoms with E-state index in [0.717, 1.165) is 15.0 Å². The number of carbonyl (C=O) groups is 1. The van der Waals surface area contributed by atoms with E-state index in [1.165, 1.54) is 40.8 Å². The number of hydrogen-bond donors (Lipinski definition) is 1. The number of thioether (sulfide) groups is 1. The highest BCUT2D eigenvalue weighted by Crippen LogP contribution is 2.26. The summed E-state index contributed by atoms with van der Waals surface area (Å²) in [4.78, 5) is 13.9. The molecule has 0 atom stereocenters. The van der Waals surface area contributed by atoms with Crippen LogP contribution in [0, 0.1) is 5.82 Å². The number of carbonyl (C=O) groups excluding carboxylic acids is 1. The molecule has 1 heterocycles. The Kier molecular flexibility index (Phi) is 6.78. The molecule has 0 saturated heterocycles. The third-order valence-corrected chi connectivity index (χ3v) is 5.77. The number of nitrogens with zero attached hydrogens (tertiary/aromatic N) is 3. The minimum atomic E-state index is -0.281. The molecule has 3 aromatic rings. The van der Waals surface area contributed by atoms with Crippen LogP contribution in [0.3, 0.4) is 0 Å². The van der Waals surface area contributed by atoms with Crippen LogP contribution in [0.5, 0.6) is 0 Å². The zero-order chi connectivity index (χ0) is 19.1. The van der Waals surface area contributed by atoms with Crippen LogP contribution < -0.4 is 5.32 Å². The Morgan fingerprint density at radius 1 is 1.11 bits per heavy atom. The summed E-state index contributed by atoms with van der Waals surface area (Å²) < 4.78 is 13.7. The van der Waals surface area contributed by atoms with E-state index < -0.39 is 0 Å². The van der Waals surface area contributed by atoms with Crippen LogP contribution in [-0.4, -0.2) is 33.8 Å². The number of hydrogen-bond acceptors (Lipinski definition) is 6. The van der Waals surface area contributed by atoms with Crippen LogP contribution >= 0.6 is 23.1 Å². The van der Waals surface area contributed by atoms with Crippen LogP contribution in [0.4, 0.5) is 9.52 Å². The van der Waals surface area contributed by atoms with Crippen molar-refractivity contribution in [1.29, 1.82) is 0 Å². The highest BCUT2D eigenvalue weighted by atomic mass is 32.2. The van der Waals surface area contributed by atoms with Gasteiger partial charge in [-0.3, -0.25) is 4.79 Å². The minimum absolute atomic E-state index is 0.0154. The molecule has 8 heteroatoms. The van der Waals surface area contributed by atoms with Crippen molar-refractivity contribution >= 4 is 34.1 Å². The highest BCUT2D eigenvalue weighted by Gasteiger charge is 2.12. The van der Waals surface area contributed by atoms with E-state index in [1.807, 2.05) is 30.3 Å². The van der Waals surface area contributed by atoms with Crippen molar-refractivity contribution in [2.45, 2.75) is 17.4 Å². The summed E-state index contributed by atoms with van der Waals surface area (Å²) in [7, 11) is 1.74. The molecular weight excluding hydrogens is 383 g/mol. The van der Waals surface area contributed by atoms with Crippen LogP contribution in [0.15, 0.2) is 58.9 Å². The van der Waals surface area contributed by atoms with E-state index in [1.54, 1.807) is 24.1 Å². The molecule has 0 spiro atoms. The summed E-state index contributed by atoms with van der Waals surface area (Å²) in [6, 6.07) is 16.2. The van der Waals surface area contributed by atoms with Crippen molar-refractivity contribution < 1.29 is 9.18 Å². The van der Waals surface area contributed by atoms with Crippen LogP contribution in [0.1, 0.15) is 11.1 Å². The summed E-state index contributed by atoms with van der Waals surface area (Å²) >= 11 is 2.79. The molecule has 0 saturated carbocycles. The molecule has 0 bridgehead atoms. The van der Waals surface area contributed by atoms with Gasteiger partial charge in [-0.1, -0.05) is 65.6 Å². The lowest BCUT2D eigenvalue weighted by Crippen LogP contribution is -2.27. The van der Waals surface area contributed by atoms with Gasteiger partial charge in [0.25, 0.3) is 0 Å². The number of benzene rings is 2. The fourth-order valence-electron chi connectivity index (χ4n) is 2.30. The minimum Gasteiger partial charge on any atom is -0.356 e. The number of anilines is 1. The second-order valence-corrected chi connectivity index (χ2v) is 8.08. The quantitative estimate of drug-likeness (QED) is 0.576. The Morgan fingerprint density at radius 2 is 1.85 bits per heavy atom. The second kappa shape index (κ2) is 9.48. The van der Waals surface area contributed by atoms with Crippen molar-refractivity contribution in [2.75, 3.05) is 18.1 Å².